The van der Waals surface area contributed by atoms with E-state index in [9.17, 15) is 4.79 Å². The Morgan fingerprint density at radius 1 is 1.67 bits per heavy atom. The Balaban J connectivity index is 2.26. The molecule has 1 atom stereocenters. The molecule has 15 heavy (non-hydrogen) atoms. The normalized spacial score (nSPS) is 20.3. The van der Waals surface area contributed by atoms with E-state index >= 15 is 0 Å². The summed E-state index contributed by atoms with van der Waals surface area (Å²) in [7, 11) is 0. The molecule has 1 N–H and O–H groups in total. The predicted molar refractivity (Wildman–Crippen MR) is 55.8 cm³/mol. The van der Waals surface area contributed by atoms with Gasteiger partial charge in [0.05, 0.1) is 6.20 Å². The van der Waals surface area contributed by atoms with Gasteiger partial charge in [0.1, 0.15) is 11.5 Å². The van der Waals surface area contributed by atoms with Crippen LogP contribution in [0.5, 0.6) is 0 Å². The molecule has 0 saturated heterocycles. The molecule has 1 unspecified atom stereocenters. The van der Waals surface area contributed by atoms with Crippen LogP contribution < -0.4 is 0 Å². The van der Waals surface area contributed by atoms with Gasteiger partial charge in [0.15, 0.2) is 0 Å². The lowest BCUT2D eigenvalue weighted by molar-refractivity contribution is 0.0682. The van der Waals surface area contributed by atoms with Crippen molar-refractivity contribution in [2.75, 3.05) is 0 Å². The molecule has 0 saturated carbocycles. The fourth-order valence-electron chi connectivity index (χ4n) is 2.20. The number of hydrogen-bond acceptors (Lipinski definition) is 2. The second-order valence-corrected chi connectivity index (χ2v) is 4.51. The van der Waals surface area contributed by atoms with Crippen molar-refractivity contribution in [2.45, 2.75) is 33.2 Å². The van der Waals surface area contributed by atoms with Crippen molar-refractivity contribution in [1.29, 1.82) is 0 Å². The van der Waals surface area contributed by atoms with Crippen LogP contribution in [0.4, 0.5) is 0 Å². The van der Waals surface area contributed by atoms with Crippen LogP contribution in [-0.4, -0.2) is 20.6 Å². The second kappa shape index (κ2) is 3.68. The molecule has 0 aliphatic carbocycles. The number of hydrogen-bond donors (Lipinski definition) is 1. The van der Waals surface area contributed by atoms with E-state index in [4.69, 9.17) is 5.11 Å². The Bertz CT molecular complexity index is 382. The predicted octanol–water partition coefficient (Wildman–Crippen LogP) is 1.80. The van der Waals surface area contributed by atoms with Crippen molar-refractivity contribution in [3.63, 3.8) is 0 Å². The number of fused-ring (bicyclic) bond motifs is 1. The summed E-state index contributed by atoms with van der Waals surface area (Å²) in [6.07, 6.45) is 3.44. The highest BCUT2D eigenvalue weighted by Crippen LogP contribution is 2.26. The molecule has 2 rings (SSSR count). The first-order chi connectivity index (χ1) is 7.09. The van der Waals surface area contributed by atoms with E-state index in [1.165, 1.54) is 6.20 Å². The van der Waals surface area contributed by atoms with Crippen molar-refractivity contribution in [2.24, 2.45) is 11.8 Å². The third-order valence-corrected chi connectivity index (χ3v) is 3.27. The summed E-state index contributed by atoms with van der Waals surface area (Å²) in [4.78, 5) is 15.1. The third kappa shape index (κ3) is 1.76. The summed E-state index contributed by atoms with van der Waals surface area (Å²) in [5, 5.41) is 8.94. The standard InChI is InChI=1S/C11H16N2O2/c1-7(2)8-3-4-13-9(11(14)15)6-12-10(13)5-8/h6-8H,3-5H2,1-2H3,(H,14,15). The lowest BCUT2D eigenvalue weighted by Gasteiger charge is -2.26. The highest BCUT2D eigenvalue weighted by Gasteiger charge is 2.25. The molecule has 0 fully saturated rings. The van der Waals surface area contributed by atoms with Crippen molar-refractivity contribution in [3.05, 3.63) is 17.7 Å². The lowest BCUT2D eigenvalue weighted by Crippen LogP contribution is -2.25. The molecule has 0 aromatic carbocycles. The lowest BCUT2D eigenvalue weighted by atomic mass is 9.87. The second-order valence-electron chi connectivity index (χ2n) is 4.51. The minimum Gasteiger partial charge on any atom is -0.477 e. The quantitative estimate of drug-likeness (QED) is 0.806. The number of aromatic carboxylic acids is 1. The fourth-order valence-corrected chi connectivity index (χ4v) is 2.20. The average Bonchev–Trinajstić information content (AvgIpc) is 2.59. The summed E-state index contributed by atoms with van der Waals surface area (Å²) in [6, 6.07) is 0. The first kappa shape index (κ1) is 10.2. The van der Waals surface area contributed by atoms with E-state index in [1.54, 1.807) is 0 Å². The topological polar surface area (TPSA) is 55.1 Å². The van der Waals surface area contributed by atoms with Crippen LogP contribution in [0.3, 0.4) is 0 Å². The van der Waals surface area contributed by atoms with Gasteiger partial charge in [-0.25, -0.2) is 9.78 Å². The Morgan fingerprint density at radius 2 is 2.40 bits per heavy atom. The van der Waals surface area contributed by atoms with Crippen LogP contribution in [0, 0.1) is 11.8 Å². The van der Waals surface area contributed by atoms with Crippen molar-refractivity contribution in [1.82, 2.24) is 9.55 Å². The van der Waals surface area contributed by atoms with Crippen LogP contribution in [0.15, 0.2) is 6.20 Å². The maximum Gasteiger partial charge on any atom is 0.354 e. The molecule has 0 spiro atoms. The summed E-state index contributed by atoms with van der Waals surface area (Å²) in [5.74, 6) is 1.33. The van der Waals surface area contributed by atoms with Gasteiger partial charge in [-0.2, -0.15) is 0 Å². The zero-order valence-corrected chi connectivity index (χ0v) is 9.10. The number of rotatable bonds is 2. The van der Waals surface area contributed by atoms with Crippen molar-refractivity contribution < 1.29 is 9.90 Å². The van der Waals surface area contributed by atoms with Crippen LogP contribution in [0.1, 0.15) is 36.6 Å². The SMILES string of the molecule is CC(C)C1CCn2c(C(=O)O)cnc2C1. The van der Waals surface area contributed by atoms with Crippen LogP contribution in [-0.2, 0) is 13.0 Å². The smallest absolute Gasteiger partial charge is 0.354 e. The third-order valence-electron chi connectivity index (χ3n) is 3.27. The molecule has 0 bridgehead atoms. The maximum atomic E-state index is 10.9. The Labute approximate surface area is 88.9 Å². The Hall–Kier alpha value is -1.32. The minimum atomic E-state index is -0.878. The zero-order chi connectivity index (χ0) is 11.0. The first-order valence-corrected chi connectivity index (χ1v) is 5.37. The van der Waals surface area contributed by atoms with Gasteiger partial charge in [-0.1, -0.05) is 13.8 Å². The van der Waals surface area contributed by atoms with Gasteiger partial charge >= 0.3 is 5.97 Å². The minimum absolute atomic E-state index is 0.326. The van der Waals surface area contributed by atoms with Gasteiger partial charge in [-0.05, 0) is 18.3 Å². The highest BCUT2D eigenvalue weighted by molar-refractivity contribution is 5.85. The summed E-state index contributed by atoms with van der Waals surface area (Å²) < 4.78 is 1.83. The van der Waals surface area contributed by atoms with Gasteiger partial charge in [-0.3, -0.25) is 0 Å². The molecule has 0 radical (unpaired) electrons. The molecule has 2 heterocycles. The van der Waals surface area contributed by atoms with Crippen molar-refractivity contribution >= 4 is 5.97 Å². The fraction of sp³-hybridized carbons (Fsp3) is 0.636. The van der Waals surface area contributed by atoms with E-state index in [1.807, 2.05) is 4.57 Å². The van der Waals surface area contributed by atoms with Crippen LogP contribution >= 0.6 is 0 Å². The number of nitrogens with zero attached hydrogens (tertiary/aromatic N) is 2. The summed E-state index contributed by atoms with van der Waals surface area (Å²) >= 11 is 0. The van der Waals surface area contributed by atoms with Gasteiger partial charge in [0.25, 0.3) is 0 Å². The molecule has 4 nitrogen and oxygen atoms in total. The van der Waals surface area contributed by atoms with E-state index < -0.39 is 5.97 Å². The molecule has 1 aliphatic heterocycles. The number of carboxylic acid groups (broad SMARTS) is 1. The Kier molecular flexibility index (Phi) is 2.50. The number of carboxylic acids is 1. The molecule has 4 heteroatoms. The highest BCUT2D eigenvalue weighted by atomic mass is 16.4. The van der Waals surface area contributed by atoms with E-state index in [-0.39, 0.29) is 0 Å². The van der Waals surface area contributed by atoms with Crippen LogP contribution in [0.2, 0.25) is 0 Å². The van der Waals surface area contributed by atoms with Gasteiger partial charge < -0.3 is 9.67 Å². The van der Waals surface area contributed by atoms with Gasteiger partial charge in [0.2, 0.25) is 0 Å². The Morgan fingerprint density at radius 3 is 3.00 bits per heavy atom. The van der Waals surface area contributed by atoms with Gasteiger partial charge in [0, 0.05) is 13.0 Å². The number of carbonyl (C=O) groups is 1. The first-order valence-electron chi connectivity index (χ1n) is 5.37. The molecule has 1 aromatic heterocycles. The van der Waals surface area contributed by atoms with E-state index in [0.717, 1.165) is 25.2 Å². The molecular weight excluding hydrogens is 192 g/mol. The molecule has 0 amide bonds. The van der Waals surface area contributed by atoms with E-state index in [0.29, 0.717) is 17.5 Å². The molecule has 1 aromatic rings. The monoisotopic (exact) mass is 208 g/mol. The number of aromatic nitrogens is 2. The van der Waals surface area contributed by atoms with Crippen molar-refractivity contribution in [3.8, 4) is 0 Å². The zero-order valence-electron chi connectivity index (χ0n) is 9.10. The molecular formula is C11H16N2O2. The van der Waals surface area contributed by atoms with Crippen LogP contribution in [0.25, 0.3) is 0 Å². The van der Waals surface area contributed by atoms with Gasteiger partial charge in [-0.15, -0.1) is 0 Å². The average molecular weight is 208 g/mol. The summed E-state index contributed by atoms with van der Waals surface area (Å²) in [6.45, 7) is 5.21. The molecule has 1 aliphatic rings. The maximum absolute atomic E-state index is 10.9. The molecule has 82 valence electrons. The number of imidazole rings is 1. The van der Waals surface area contributed by atoms with E-state index in [2.05, 4.69) is 18.8 Å². The largest absolute Gasteiger partial charge is 0.477 e. The summed E-state index contributed by atoms with van der Waals surface area (Å²) in [5.41, 5.74) is 0.326.